The molecule has 0 unspecified atom stereocenters. The fourth-order valence-corrected chi connectivity index (χ4v) is 2.95. The summed E-state index contributed by atoms with van der Waals surface area (Å²) in [5.41, 5.74) is 4.22. The molecule has 1 fully saturated rings. The van der Waals surface area contributed by atoms with Crippen molar-refractivity contribution in [2.75, 3.05) is 0 Å². The molecule has 1 aromatic carbocycles. The van der Waals surface area contributed by atoms with Gasteiger partial charge in [-0.05, 0) is 62.1 Å². The molecule has 1 aromatic rings. The molecule has 0 spiro atoms. The van der Waals surface area contributed by atoms with Crippen molar-refractivity contribution < 1.29 is 0 Å². The molecule has 1 nitrogen and oxygen atoms in total. The van der Waals surface area contributed by atoms with Gasteiger partial charge in [0.15, 0.2) is 0 Å². The predicted molar refractivity (Wildman–Crippen MR) is 78.8 cm³/mol. The van der Waals surface area contributed by atoms with E-state index in [0.29, 0.717) is 0 Å². The van der Waals surface area contributed by atoms with Crippen LogP contribution in [0.2, 0.25) is 0 Å². The Bertz CT molecular complexity index is 375. The molecular weight excluding hydrogens is 218 g/mol. The summed E-state index contributed by atoms with van der Waals surface area (Å²) in [6.07, 6.45) is 6.93. The third-order valence-corrected chi connectivity index (χ3v) is 4.59. The Labute approximate surface area is 112 Å². The van der Waals surface area contributed by atoms with Crippen molar-refractivity contribution in [2.24, 2.45) is 5.92 Å². The van der Waals surface area contributed by atoms with Crippen molar-refractivity contribution in [1.29, 1.82) is 0 Å². The van der Waals surface area contributed by atoms with Gasteiger partial charge in [0.2, 0.25) is 0 Å². The number of hydrogen-bond acceptors (Lipinski definition) is 1. The minimum Gasteiger partial charge on any atom is -0.310 e. The molecule has 0 amide bonds. The van der Waals surface area contributed by atoms with Crippen molar-refractivity contribution in [3.05, 3.63) is 34.9 Å². The second-order valence-corrected chi connectivity index (χ2v) is 5.93. The van der Waals surface area contributed by atoms with Gasteiger partial charge >= 0.3 is 0 Å². The molecule has 0 heterocycles. The van der Waals surface area contributed by atoms with Gasteiger partial charge in [-0.1, -0.05) is 31.5 Å². The van der Waals surface area contributed by atoms with Crippen molar-refractivity contribution in [1.82, 2.24) is 5.32 Å². The average molecular weight is 245 g/mol. The summed E-state index contributed by atoms with van der Waals surface area (Å²) >= 11 is 0. The zero-order chi connectivity index (χ0) is 13.0. The molecular formula is C17H27N. The molecule has 1 aliphatic rings. The Morgan fingerprint density at radius 1 is 1.06 bits per heavy atom. The van der Waals surface area contributed by atoms with Crippen LogP contribution in [0, 0.1) is 19.8 Å². The monoisotopic (exact) mass is 245 g/mol. The molecule has 1 heteroatoms. The number of benzene rings is 1. The van der Waals surface area contributed by atoms with E-state index in [9.17, 15) is 0 Å². The maximum Gasteiger partial charge on any atom is 0.0208 e. The van der Waals surface area contributed by atoms with Gasteiger partial charge in [0.05, 0.1) is 0 Å². The Morgan fingerprint density at radius 2 is 1.78 bits per heavy atom. The third kappa shape index (κ3) is 3.58. The van der Waals surface area contributed by atoms with E-state index in [-0.39, 0.29) is 0 Å². The lowest BCUT2D eigenvalue weighted by atomic mass is 9.84. The van der Waals surface area contributed by atoms with Crippen molar-refractivity contribution in [3.63, 3.8) is 0 Å². The highest BCUT2D eigenvalue weighted by atomic mass is 14.9. The first-order valence-electron chi connectivity index (χ1n) is 7.48. The van der Waals surface area contributed by atoms with E-state index < -0.39 is 0 Å². The van der Waals surface area contributed by atoms with Crippen LogP contribution in [0.1, 0.15) is 55.7 Å². The number of rotatable bonds is 4. The average Bonchev–Trinajstić information content (AvgIpc) is 2.41. The summed E-state index contributed by atoms with van der Waals surface area (Å²) in [6.45, 7) is 7.74. The maximum atomic E-state index is 3.73. The molecule has 1 aliphatic carbocycles. The Morgan fingerprint density at radius 3 is 2.39 bits per heavy atom. The summed E-state index contributed by atoms with van der Waals surface area (Å²) < 4.78 is 0. The van der Waals surface area contributed by atoms with Gasteiger partial charge in [-0.25, -0.2) is 0 Å². The SMILES string of the molecule is CCC1CCC(NCc2ccc(C)c(C)c2)CC1. The van der Waals surface area contributed by atoms with Crippen LogP contribution in [0.3, 0.4) is 0 Å². The van der Waals surface area contributed by atoms with Gasteiger partial charge in [0.1, 0.15) is 0 Å². The highest BCUT2D eigenvalue weighted by Crippen LogP contribution is 2.26. The molecule has 0 aliphatic heterocycles. The van der Waals surface area contributed by atoms with Gasteiger partial charge < -0.3 is 5.32 Å². The minimum absolute atomic E-state index is 0.745. The Kier molecular flexibility index (Phi) is 4.82. The predicted octanol–water partition coefficient (Wildman–Crippen LogP) is 4.36. The van der Waals surface area contributed by atoms with Gasteiger partial charge in [-0.2, -0.15) is 0 Å². The number of aryl methyl sites for hydroxylation is 2. The zero-order valence-corrected chi connectivity index (χ0v) is 12.1. The normalized spacial score (nSPS) is 24.2. The van der Waals surface area contributed by atoms with E-state index in [1.165, 1.54) is 48.8 Å². The summed E-state index contributed by atoms with van der Waals surface area (Å²) in [6, 6.07) is 7.56. The van der Waals surface area contributed by atoms with Crippen LogP contribution in [0.4, 0.5) is 0 Å². The second-order valence-electron chi connectivity index (χ2n) is 5.93. The van der Waals surface area contributed by atoms with Crippen LogP contribution < -0.4 is 5.32 Å². The first-order valence-corrected chi connectivity index (χ1v) is 7.48. The Balaban J connectivity index is 1.79. The Hall–Kier alpha value is -0.820. The highest BCUT2D eigenvalue weighted by molar-refractivity contribution is 5.29. The highest BCUT2D eigenvalue weighted by Gasteiger charge is 2.19. The molecule has 1 N–H and O–H groups in total. The van der Waals surface area contributed by atoms with Crippen molar-refractivity contribution in [2.45, 2.75) is 65.5 Å². The summed E-state index contributed by atoms with van der Waals surface area (Å²) in [4.78, 5) is 0. The van der Waals surface area contributed by atoms with E-state index in [0.717, 1.165) is 18.5 Å². The second kappa shape index (κ2) is 6.38. The molecule has 0 saturated heterocycles. The summed E-state index contributed by atoms with van der Waals surface area (Å²) in [5.74, 6) is 0.990. The maximum absolute atomic E-state index is 3.73. The summed E-state index contributed by atoms with van der Waals surface area (Å²) in [7, 11) is 0. The zero-order valence-electron chi connectivity index (χ0n) is 12.1. The fourth-order valence-electron chi connectivity index (χ4n) is 2.95. The van der Waals surface area contributed by atoms with Crippen LogP contribution in [-0.4, -0.2) is 6.04 Å². The van der Waals surface area contributed by atoms with Crippen LogP contribution in [0.25, 0.3) is 0 Å². The lowest BCUT2D eigenvalue weighted by molar-refractivity contribution is 0.285. The van der Waals surface area contributed by atoms with Gasteiger partial charge in [-0.15, -0.1) is 0 Å². The largest absolute Gasteiger partial charge is 0.310 e. The van der Waals surface area contributed by atoms with Crippen LogP contribution in [0.5, 0.6) is 0 Å². The quantitative estimate of drug-likeness (QED) is 0.831. The van der Waals surface area contributed by atoms with E-state index in [4.69, 9.17) is 0 Å². The molecule has 0 aromatic heterocycles. The standard InChI is InChI=1S/C17H27N/c1-4-15-7-9-17(10-8-15)18-12-16-6-5-13(2)14(3)11-16/h5-6,11,15,17-18H,4,7-10,12H2,1-3H3. The van der Waals surface area contributed by atoms with E-state index >= 15 is 0 Å². The molecule has 2 rings (SSSR count). The number of nitrogens with one attached hydrogen (secondary N) is 1. The van der Waals surface area contributed by atoms with E-state index in [1.54, 1.807) is 0 Å². The topological polar surface area (TPSA) is 12.0 Å². The molecule has 18 heavy (non-hydrogen) atoms. The van der Waals surface area contributed by atoms with E-state index in [1.807, 2.05) is 0 Å². The smallest absolute Gasteiger partial charge is 0.0208 e. The van der Waals surface area contributed by atoms with Crippen molar-refractivity contribution >= 4 is 0 Å². The van der Waals surface area contributed by atoms with Crippen LogP contribution in [-0.2, 0) is 6.54 Å². The minimum atomic E-state index is 0.745. The van der Waals surface area contributed by atoms with Gasteiger partial charge in [-0.3, -0.25) is 0 Å². The van der Waals surface area contributed by atoms with E-state index in [2.05, 4.69) is 44.3 Å². The third-order valence-electron chi connectivity index (χ3n) is 4.59. The van der Waals surface area contributed by atoms with Crippen molar-refractivity contribution in [3.8, 4) is 0 Å². The first kappa shape index (κ1) is 13.6. The number of hydrogen-bond donors (Lipinski definition) is 1. The molecule has 0 radical (unpaired) electrons. The van der Waals surface area contributed by atoms with Gasteiger partial charge in [0, 0.05) is 12.6 Å². The van der Waals surface area contributed by atoms with Gasteiger partial charge in [0.25, 0.3) is 0 Å². The summed E-state index contributed by atoms with van der Waals surface area (Å²) in [5, 5.41) is 3.73. The lowest BCUT2D eigenvalue weighted by Gasteiger charge is -2.28. The fraction of sp³-hybridized carbons (Fsp3) is 0.647. The molecule has 100 valence electrons. The van der Waals surface area contributed by atoms with Crippen LogP contribution >= 0.6 is 0 Å². The first-order chi connectivity index (χ1) is 8.69. The molecule has 0 atom stereocenters. The molecule has 1 saturated carbocycles. The van der Waals surface area contributed by atoms with Crippen LogP contribution in [0.15, 0.2) is 18.2 Å². The molecule has 0 bridgehead atoms. The lowest BCUT2D eigenvalue weighted by Crippen LogP contribution is -2.32.